The lowest BCUT2D eigenvalue weighted by molar-refractivity contribution is -0.138. The molecular weight excluding hydrogens is 518 g/mol. The number of carbonyl (C=O) groups excluding carboxylic acids is 2. The lowest BCUT2D eigenvalue weighted by atomic mass is 10.0. The van der Waals surface area contributed by atoms with Gasteiger partial charge < -0.3 is 29.4 Å². The highest BCUT2D eigenvalue weighted by Crippen LogP contribution is 2.33. The highest BCUT2D eigenvalue weighted by Gasteiger charge is 2.34. The number of imide groups is 1. The molecule has 0 aliphatic heterocycles. The Morgan fingerprint density at radius 1 is 0.850 bits per heavy atom. The molecule has 0 saturated carbocycles. The molecule has 2 aromatic carbocycles. The van der Waals surface area contributed by atoms with E-state index in [-0.39, 0.29) is 5.82 Å². The van der Waals surface area contributed by atoms with Gasteiger partial charge in [-0.05, 0) is 88.9 Å². The molecule has 1 atom stereocenters. The van der Waals surface area contributed by atoms with Crippen molar-refractivity contribution >= 4 is 40.4 Å². The minimum Gasteiger partial charge on any atom is -0.493 e. The highest BCUT2D eigenvalue weighted by atomic mass is 16.6. The van der Waals surface area contributed by atoms with E-state index in [4.69, 9.17) is 18.9 Å². The molecule has 0 unspecified atom stereocenters. The molecule has 40 heavy (non-hydrogen) atoms. The third-order valence-electron chi connectivity index (χ3n) is 5.41. The van der Waals surface area contributed by atoms with Crippen LogP contribution in [0.1, 0.15) is 53.1 Å². The fourth-order valence-electron chi connectivity index (χ4n) is 3.78. The minimum absolute atomic E-state index is 0.0159. The summed E-state index contributed by atoms with van der Waals surface area (Å²) in [5.41, 5.74) is -0.834. The van der Waals surface area contributed by atoms with Crippen molar-refractivity contribution < 1.29 is 38.4 Å². The lowest BCUT2D eigenvalue weighted by Crippen LogP contribution is -2.44. The van der Waals surface area contributed by atoms with Gasteiger partial charge in [-0.1, -0.05) is 6.07 Å². The smallest absolute Gasteiger partial charge is 0.425 e. The molecule has 1 aromatic heterocycles. The quantitative estimate of drug-likeness (QED) is 0.350. The van der Waals surface area contributed by atoms with Crippen molar-refractivity contribution in [3.63, 3.8) is 0 Å². The van der Waals surface area contributed by atoms with Crippen LogP contribution in [-0.2, 0) is 14.3 Å². The number of benzene rings is 2. The van der Waals surface area contributed by atoms with Crippen LogP contribution in [0, 0.1) is 0 Å². The summed E-state index contributed by atoms with van der Waals surface area (Å²) in [7, 11) is 2.97. The predicted octanol–water partition coefficient (Wildman–Crippen LogP) is 6.17. The van der Waals surface area contributed by atoms with E-state index >= 15 is 0 Å². The van der Waals surface area contributed by atoms with Gasteiger partial charge in [0.05, 0.1) is 14.2 Å². The van der Waals surface area contributed by atoms with Gasteiger partial charge in [-0.2, -0.15) is 4.90 Å². The molecule has 0 radical (unpaired) electrons. The second kappa shape index (κ2) is 11.7. The first-order valence-electron chi connectivity index (χ1n) is 12.5. The number of aliphatic carboxylic acids is 1. The number of hydrogen-bond donors (Lipinski definition) is 2. The molecule has 0 bridgehead atoms. The molecular formula is C29H35N3O8. The van der Waals surface area contributed by atoms with E-state index in [9.17, 15) is 19.5 Å². The van der Waals surface area contributed by atoms with Crippen molar-refractivity contribution in [3.8, 4) is 11.5 Å². The average molecular weight is 554 g/mol. The monoisotopic (exact) mass is 553 g/mol. The third-order valence-corrected chi connectivity index (χ3v) is 5.41. The molecule has 0 fully saturated rings. The first-order valence-corrected chi connectivity index (χ1v) is 12.5. The number of ether oxygens (including phenoxy) is 4. The molecule has 3 rings (SSSR count). The average Bonchev–Trinajstić information content (AvgIpc) is 2.84. The lowest BCUT2D eigenvalue weighted by Gasteiger charge is -2.28. The number of nitrogens with zero attached hydrogens (tertiary/aromatic N) is 2. The maximum Gasteiger partial charge on any atom is 0.425 e. The van der Waals surface area contributed by atoms with E-state index in [0.29, 0.717) is 33.5 Å². The molecule has 3 aromatic rings. The summed E-state index contributed by atoms with van der Waals surface area (Å²) in [6, 6.07) is 10.4. The number of nitrogens with one attached hydrogen (secondary N) is 1. The Bertz CT molecular complexity index is 1380. The molecule has 1 heterocycles. The van der Waals surface area contributed by atoms with Crippen LogP contribution >= 0.6 is 0 Å². The first-order chi connectivity index (χ1) is 18.6. The fourth-order valence-corrected chi connectivity index (χ4v) is 3.78. The number of carbonyl (C=O) groups is 3. The second-order valence-corrected chi connectivity index (χ2v) is 10.9. The van der Waals surface area contributed by atoms with Crippen LogP contribution in [0.15, 0.2) is 48.7 Å². The normalized spacial score (nSPS) is 12.3. The van der Waals surface area contributed by atoms with Crippen molar-refractivity contribution in [2.45, 2.75) is 58.8 Å². The molecule has 0 aliphatic rings. The maximum atomic E-state index is 13.1. The van der Waals surface area contributed by atoms with Gasteiger partial charge in [-0.3, -0.25) is 0 Å². The second-order valence-electron chi connectivity index (χ2n) is 10.9. The van der Waals surface area contributed by atoms with Crippen LogP contribution in [0.5, 0.6) is 11.5 Å². The number of amides is 2. The summed E-state index contributed by atoms with van der Waals surface area (Å²) in [6.45, 7) is 10.1. The molecule has 0 saturated heterocycles. The number of rotatable bonds is 7. The Morgan fingerprint density at radius 2 is 1.45 bits per heavy atom. The van der Waals surface area contributed by atoms with Gasteiger partial charge in [0, 0.05) is 17.3 Å². The fraction of sp³-hybridized carbons (Fsp3) is 0.379. The van der Waals surface area contributed by atoms with Gasteiger partial charge in [-0.25, -0.2) is 19.4 Å². The van der Waals surface area contributed by atoms with Crippen molar-refractivity contribution in [1.82, 2.24) is 4.98 Å². The standard InChI is InChI=1S/C29H35N3O8/c1-28(2,3)39-26(35)32(27(36)40-29(4,5)6)24-20-11-10-19(15-17(20)13-14-30-24)31-23(25(33)34)18-9-12-21(37-7)22(16-18)38-8/h9-16,23,31H,1-8H3,(H,33,34)/t23-/m1/s1. The van der Waals surface area contributed by atoms with E-state index < -0.39 is 35.4 Å². The van der Waals surface area contributed by atoms with Gasteiger partial charge in [0.2, 0.25) is 0 Å². The van der Waals surface area contributed by atoms with Crippen LogP contribution in [0.3, 0.4) is 0 Å². The molecule has 214 valence electrons. The first kappa shape index (κ1) is 30.0. The maximum absolute atomic E-state index is 13.1. The van der Waals surface area contributed by atoms with Gasteiger partial charge in [-0.15, -0.1) is 0 Å². The molecule has 0 aliphatic carbocycles. The molecule has 0 spiro atoms. The topological polar surface area (TPSA) is 137 Å². The Hall–Kier alpha value is -4.54. The van der Waals surface area contributed by atoms with Crippen LogP contribution in [0.25, 0.3) is 10.8 Å². The Kier molecular flexibility index (Phi) is 8.77. The zero-order valence-corrected chi connectivity index (χ0v) is 23.9. The Morgan fingerprint density at radius 3 is 1.98 bits per heavy atom. The number of fused-ring (bicyclic) bond motifs is 1. The number of anilines is 2. The summed E-state index contributed by atoms with van der Waals surface area (Å²) in [6.07, 6.45) is -0.446. The Balaban J connectivity index is 2.03. The number of carboxylic acids is 1. The number of carboxylic acid groups (broad SMARTS) is 1. The number of methoxy groups -OCH3 is 2. The molecule has 11 nitrogen and oxygen atoms in total. The summed E-state index contributed by atoms with van der Waals surface area (Å²) in [4.78, 5) is 43.5. The van der Waals surface area contributed by atoms with Crippen molar-refractivity contribution in [3.05, 3.63) is 54.2 Å². The number of pyridine rings is 1. The predicted molar refractivity (Wildman–Crippen MR) is 150 cm³/mol. The van der Waals surface area contributed by atoms with E-state index in [1.807, 2.05) is 0 Å². The van der Waals surface area contributed by atoms with E-state index in [1.165, 1.54) is 20.4 Å². The van der Waals surface area contributed by atoms with E-state index in [1.54, 1.807) is 84.0 Å². The van der Waals surface area contributed by atoms with Crippen LogP contribution < -0.4 is 19.7 Å². The minimum atomic E-state index is -1.11. The van der Waals surface area contributed by atoms with Crippen molar-refractivity contribution in [1.29, 1.82) is 0 Å². The van der Waals surface area contributed by atoms with Gasteiger partial charge >= 0.3 is 18.2 Å². The van der Waals surface area contributed by atoms with Crippen LogP contribution in [0.2, 0.25) is 0 Å². The molecule has 11 heteroatoms. The summed E-state index contributed by atoms with van der Waals surface area (Å²) in [5, 5.41) is 14.0. The van der Waals surface area contributed by atoms with Gasteiger partial charge in [0.15, 0.2) is 23.4 Å². The zero-order valence-electron chi connectivity index (χ0n) is 23.9. The van der Waals surface area contributed by atoms with Crippen molar-refractivity contribution in [2.24, 2.45) is 0 Å². The zero-order chi connectivity index (χ0) is 29.8. The number of hydrogen-bond acceptors (Lipinski definition) is 9. The third kappa shape index (κ3) is 7.31. The highest BCUT2D eigenvalue weighted by molar-refractivity contribution is 6.14. The van der Waals surface area contributed by atoms with Crippen LogP contribution in [-0.4, -0.2) is 53.7 Å². The SMILES string of the molecule is COc1ccc([C@@H](Nc2ccc3c(N(C(=O)OC(C)(C)C)C(=O)OC(C)(C)C)nccc3c2)C(=O)O)cc1OC. The Labute approximate surface area is 233 Å². The largest absolute Gasteiger partial charge is 0.493 e. The van der Waals surface area contributed by atoms with E-state index in [0.717, 1.165) is 4.90 Å². The van der Waals surface area contributed by atoms with Crippen molar-refractivity contribution in [2.75, 3.05) is 24.4 Å². The molecule has 2 amide bonds. The number of aromatic nitrogens is 1. The van der Waals surface area contributed by atoms with Gasteiger partial charge in [0.1, 0.15) is 11.2 Å². The van der Waals surface area contributed by atoms with E-state index in [2.05, 4.69) is 10.3 Å². The van der Waals surface area contributed by atoms with Crippen LogP contribution in [0.4, 0.5) is 21.1 Å². The summed E-state index contributed by atoms with van der Waals surface area (Å²) >= 11 is 0. The summed E-state index contributed by atoms with van der Waals surface area (Å²) in [5.74, 6) is -0.224. The van der Waals surface area contributed by atoms with Gasteiger partial charge in [0.25, 0.3) is 0 Å². The molecule has 2 N–H and O–H groups in total. The summed E-state index contributed by atoms with van der Waals surface area (Å²) < 4.78 is 21.5.